The fraction of sp³-hybridized carbons (Fsp3) is 0.231. The Kier molecular flexibility index (Phi) is 5.00. The van der Waals surface area contributed by atoms with Crippen molar-refractivity contribution >= 4 is 33.0 Å². The van der Waals surface area contributed by atoms with Crippen LogP contribution in [0.2, 0.25) is 5.02 Å². The lowest BCUT2D eigenvalue weighted by atomic mass is 10.2. The Labute approximate surface area is 131 Å². The van der Waals surface area contributed by atoms with Gasteiger partial charge in [0.25, 0.3) is 0 Å². The molecule has 2 aromatic rings. The molecule has 8 heteroatoms. The fourth-order valence-corrected chi connectivity index (χ4v) is 3.88. The number of aliphatic hydroxyl groups is 1. The molecule has 0 atom stereocenters. The molecule has 0 aliphatic carbocycles. The molecular weight excluding hydrogens is 337 g/mol. The lowest BCUT2D eigenvalue weighted by Gasteiger charge is -2.09. The lowest BCUT2D eigenvalue weighted by molar-refractivity contribution is 0.281. The van der Waals surface area contributed by atoms with Crippen LogP contribution in [0.5, 0.6) is 0 Å². The minimum Gasteiger partial charge on any atom is -0.392 e. The Hall–Kier alpha value is -0.990. The Balaban J connectivity index is 2.25. The normalized spacial score (nSPS) is 11.8. The molecule has 4 nitrogen and oxygen atoms in total. The Morgan fingerprint density at radius 1 is 1.38 bits per heavy atom. The van der Waals surface area contributed by atoms with Crippen LogP contribution in [0.4, 0.5) is 4.39 Å². The van der Waals surface area contributed by atoms with Gasteiger partial charge in [0.15, 0.2) is 0 Å². The maximum Gasteiger partial charge on any atom is 0.241 e. The third kappa shape index (κ3) is 3.81. The number of aryl methyl sites for hydroxylation is 1. The number of aliphatic hydroxyl groups excluding tert-OH is 1. The topological polar surface area (TPSA) is 66.4 Å². The zero-order valence-corrected chi connectivity index (χ0v) is 13.4. The summed E-state index contributed by atoms with van der Waals surface area (Å²) in [7, 11) is -3.87. The first-order valence-electron chi connectivity index (χ1n) is 5.97. The molecule has 0 saturated heterocycles. The van der Waals surface area contributed by atoms with Crippen molar-refractivity contribution in [3.63, 3.8) is 0 Å². The van der Waals surface area contributed by atoms with E-state index in [1.807, 2.05) is 19.1 Å². The summed E-state index contributed by atoms with van der Waals surface area (Å²) < 4.78 is 40.3. The third-order valence-electron chi connectivity index (χ3n) is 2.79. The zero-order valence-electron chi connectivity index (χ0n) is 11.1. The van der Waals surface area contributed by atoms with Gasteiger partial charge in [-0.1, -0.05) is 11.6 Å². The minimum absolute atomic E-state index is 0.0315. The molecule has 2 N–H and O–H groups in total. The van der Waals surface area contributed by atoms with E-state index in [4.69, 9.17) is 16.7 Å². The van der Waals surface area contributed by atoms with Crippen LogP contribution in [-0.4, -0.2) is 13.5 Å². The summed E-state index contributed by atoms with van der Waals surface area (Å²) in [4.78, 5) is 1.67. The van der Waals surface area contributed by atoms with Gasteiger partial charge in [0, 0.05) is 21.9 Å². The number of hydrogen-bond donors (Lipinski definition) is 2. The molecule has 0 fully saturated rings. The fourth-order valence-electron chi connectivity index (χ4n) is 1.72. The monoisotopic (exact) mass is 349 g/mol. The molecule has 0 unspecified atom stereocenters. The van der Waals surface area contributed by atoms with Gasteiger partial charge in [0.1, 0.15) is 5.82 Å². The first-order valence-corrected chi connectivity index (χ1v) is 8.65. The van der Waals surface area contributed by atoms with E-state index in [1.54, 1.807) is 0 Å². The lowest BCUT2D eigenvalue weighted by Crippen LogP contribution is -2.23. The highest BCUT2D eigenvalue weighted by atomic mass is 35.5. The largest absolute Gasteiger partial charge is 0.392 e. The zero-order chi connectivity index (χ0) is 15.6. The maximum absolute atomic E-state index is 13.6. The van der Waals surface area contributed by atoms with E-state index in [1.165, 1.54) is 11.3 Å². The predicted octanol–water partition coefficient (Wildman–Crippen LogP) is 2.82. The number of hydrogen-bond acceptors (Lipinski definition) is 4. The van der Waals surface area contributed by atoms with Crippen molar-refractivity contribution in [1.82, 2.24) is 4.72 Å². The van der Waals surface area contributed by atoms with Crippen molar-refractivity contribution in [2.75, 3.05) is 0 Å². The number of thiophene rings is 1. The summed E-state index contributed by atoms with van der Waals surface area (Å²) in [6.07, 6.45) is 0. The van der Waals surface area contributed by atoms with Crippen molar-refractivity contribution in [2.24, 2.45) is 0 Å². The molecule has 2 rings (SSSR count). The SMILES string of the molecule is Cc1ccc(CNS(=O)(=O)c2cc(F)c(Cl)c(CO)c2)s1. The average Bonchev–Trinajstić information content (AvgIpc) is 2.85. The highest BCUT2D eigenvalue weighted by Crippen LogP contribution is 2.25. The second kappa shape index (κ2) is 6.41. The molecule has 1 aromatic carbocycles. The van der Waals surface area contributed by atoms with Gasteiger partial charge in [0.05, 0.1) is 16.5 Å². The van der Waals surface area contributed by atoms with E-state index in [9.17, 15) is 12.8 Å². The highest BCUT2D eigenvalue weighted by Gasteiger charge is 2.18. The summed E-state index contributed by atoms with van der Waals surface area (Å²) in [5.74, 6) is -0.879. The average molecular weight is 350 g/mol. The summed E-state index contributed by atoms with van der Waals surface area (Å²) >= 11 is 7.12. The van der Waals surface area contributed by atoms with E-state index >= 15 is 0 Å². The molecule has 0 aliphatic heterocycles. The summed E-state index contributed by atoms with van der Waals surface area (Å²) in [6.45, 7) is 1.51. The number of nitrogens with one attached hydrogen (secondary N) is 1. The van der Waals surface area contributed by atoms with Gasteiger partial charge in [-0.2, -0.15) is 0 Å². The van der Waals surface area contributed by atoms with Crippen LogP contribution >= 0.6 is 22.9 Å². The summed E-state index contributed by atoms with van der Waals surface area (Å²) in [6, 6.07) is 5.71. The van der Waals surface area contributed by atoms with E-state index in [0.717, 1.165) is 21.9 Å². The first-order chi connectivity index (χ1) is 9.83. The Morgan fingerprint density at radius 3 is 2.67 bits per heavy atom. The van der Waals surface area contributed by atoms with Crippen molar-refractivity contribution in [3.05, 3.63) is 50.4 Å². The van der Waals surface area contributed by atoms with Gasteiger partial charge in [-0.15, -0.1) is 11.3 Å². The number of sulfonamides is 1. The first kappa shape index (κ1) is 16.4. The van der Waals surface area contributed by atoms with Crippen LogP contribution in [-0.2, 0) is 23.2 Å². The number of rotatable bonds is 5. The van der Waals surface area contributed by atoms with Crippen LogP contribution in [0.3, 0.4) is 0 Å². The molecular formula is C13H13ClFNO3S2. The van der Waals surface area contributed by atoms with Gasteiger partial charge in [-0.3, -0.25) is 0 Å². The van der Waals surface area contributed by atoms with Gasteiger partial charge >= 0.3 is 0 Å². The molecule has 0 amide bonds. The van der Waals surface area contributed by atoms with Crippen LogP contribution in [0.25, 0.3) is 0 Å². The Bertz CT molecular complexity index is 759. The maximum atomic E-state index is 13.6. The van der Waals surface area contributed by atoms with Crippen LogP contribution in [0.15, 0.2) is 29.2 Å². The van der Waals surface area contributed by atoms with E-state index in [0.29, 0.717) is 0 Å². The summed E-state index contributed by atoms with van der Waals surface area (Å²) in [5, 5.41) is 8.81. The van der Waals surface area contributed by atoms with Crippen molar-refractivity contribution < 1.29 is 17.9 Å². The molecule has 114 valence electrons. The number of halogens is 2. The number of benzene rings is 1. The molecule has 0 radical (unpaired) electrons. The molecule has 0 saturated carbocycles. The smallest absolute Gasteiger partial charge is 0.241 e. The molecule has 1 heterocycles. The third-order valence-corrected chi connectivity index (χ3v) is 5.59. The van der Waals surface area contributed by atoms with Gasteiger partial charge < -0.3 is 5.11 Å². The van der Waals surface area contributed by atoms with Crippen molar-refractivity contribution in [1.29, 1.82) is 0 Å². The molecule has 0 bridgehead atoms. The van der Waals surface area contributed by atoms with Crippen LogP contribution in [0.1, 0.15) is 15.3 Å². The van der Waals surface area contributed by atoms with E-state index < -0.39 is 22.4 Å². The molecule has 0 spiro atoms. The minimum atomic E-state index is -3.87. The predicted molar refractivity (Wildman–Crippen MR) is 80.4 cm³/mol. The van der Waals surface area contributed by atoms with Crippen LogP contribution < -0.4 is 4.72 Å². The van der Waals surface area contributed by atoms with Crippen molar-refractivity contribution in [2.45, 2.75) is 25.0 Å². The standard InChI is InChI=1S/C13H13ClFNO3S2/c1-8-2-3-10(20-8)6-16-21(18,19)11-4-9(7-17)13(14)12(15)5-11/h2-5,16-17H,6-7H2,1H3. The highest BCUT2D eigenvalue weighted by molar-refractivity contribution is 7.89. The van der Waals surface area contributed by atoms with Gasteiger partial charge in [-0.05, 0) is 31.2 Å². The molecule has 0 aliphatic rings. The van der Waals surface area contributed by atoms with Gasteiger partial charge in [0.2, 0.25) is 10.0 Å². The second-order valence-corrected chi connectivity index (χ2v) is 7.89. The van der Waals surface area contributed by atoms with Crippen LogP contribution in [0, 0.1) is 12.7 Å². The molecule has 1 aromatic heterocycles. The Morgan fingerprint density at radius 2 is 2.10 bits per heavy atom. The quantitative estimate of drug-likeness (QED) is 0.872. The summed E-state index contributed by atoms with van der Waals surface area (Å²) in [5.41, 5.74) is 0.0315. The van der Waals surface area contributed by atoms with E-state index in [-0.39, 0.29) is 22.0 Å². The van der Waals surface area contributed by atoms with Crippen molar-refractivity contribution in [3.8, 4) is 0 Å². The molecule has 21 heavy (non-hydrogen) atoms. The second-order valence-electron chi connectivity index (χ2n) is 4.37. The van der Waals surface area contributed by atoms with Gasteiger partial charge in [-0.25, -0.2) is 17.5 Å². The van der Waals surface area contributed by atoms with E-state index in [2.05, 4.69) is 4.72 Å².